The second kappa shape index (κ2) is 6.33. The summed E-state index contributed by atoms with van der Waals surface area (Å²) in [6, 6.07) is 7.96. The molecule has 0 atom stereocenters. The second-order valence-corrected chi connectivity index (χ2v) is 6.36. The van der Waals surface area contributed by atoms with Gasteiger partial charge in [0.25, 0.3) is 0 Å². The molecule has 2 rings (SSSR count). The van der Waals surface area contributed by atoms with Crippen molar-refractivity contribution in [2.75, 3.05) is 0 Å². The number of nitrogens with one attached hydrogen (secondary N) is 1. The molecule has 0 unspecified atom stereocenters. The Hall–Kier alpha value is -1.46. The summed E-state index contributed by atoms with van der Waals surface area (Å²) in [4.78, 5) is 8.44. The fourth-order valence-electron chi connectivity index (χ4n) is 1.48. The van der Waals surface area contributed by atoms with Gasteiger partial charge in [-0.2, -0.15) is 0 Å². The average molecular weight is 336 g/mol. The van der Waals surface area contributed by atoms with E-state index in [0.717, 1.165) is 16.6 Å². The molecule has 5 heteroatoms. The second-order valence-electron chi connectivity index (χ2n) is 5.51. The van der Waals surface area contributed by atoms with Gasteiger partial charge in [0.05, 0.1) is 4.47 Å². The molecule has 0 aliphatic heterocycles. The maximum Gasteiger partial charge on any atom is 0.321 e. The van der Waals surface area contributed by atoms with Gasteiger partial charge in [0.1, 0.15) is 5.75 Å². The van der Waals surface area contributed by atoms with Crippen LogP contribution in [-0.2, 0) is 6.54 Å². The lowest BCUT2D eigenvalue weighted by atomic mass is 10.1. The zero-order valence-electron chi connectivity index (χ0n) is 11.9. The summed E-state index contributed by atoms with van der Waals surface area (Å²) >= 11 is 3.42. The van der Waals surface area contributed by atoms with Gasteiger partial charge in [0, 0.05) is 30.0 Å². The zero-order valence-corrected chi connectivity index (χ0v) is 13.4. The number of aromatic nitrogens is 2. The zero-order chi connectivity index (χ0) is 14.6. The first-order valence-corrected chi connectivity index (χ1v) is 7.22. The molecule has 0 saturated heterocycles. The lowest BCUT2D eigenvalue weighted by Crippen LogP contribution is -2.35. The number of para-hydroxylation sites is 1. The van der Waals surface area contributed by atoms with Gasteiger partial charge in [-0.15, -0.1) is 0 Å². The molecule has 2 aromatic rings. The van der Waals surface area contributed by atoms with E-state index >= 15 is 0 Å². The van der Waals surface area contributed by atoms with Crippen LogP contribution in [0.3, 0.4) is 0 Å². The summed E-state index contributed by atoms with van der Waals surface area (Å²) in [5, 5.41) is 3.39. The molecule has 0 aliphatic rings. The lowest BCUT2D eigenvalue weighted by Gasteiger charge is -2.20. The fraction of sp³-hybridized carbons (Fsp3) is 0.333. The summed E-state index contributed by atoms with van der Waals surface area (Å²) in [5.41, 5.74) is 1.10. The molecule has 1 heterocycles. The Kier molecular flexibility index (Phi) is 4.73. The van der Waals surface area contributed by atoms with Crippen LogP contribution in [0.2, 0.25) is 0 Å². The number of halogens is 1. The summed E-state index contributed by atoms with van der Waals surface area (Å²) < 4.78 is 6.50. The molecule has 1 N–H and O–H groups in total. The van der Waals surface area contributed by atoms with Gasteiger partial charge < -0.3 is 10.1 Å². The van der Waals surface area contributed by atoms with Crippen LogP contribution in [0.4, 0.5) is 0 Å². The molecule has 0 aliphatic carbocycles. The van der Waals surface area contributed by atoms with E-state index in [9.17, 15) is 0 Å². The fourth-order valence-corrected chi connectivity index (χ4v) is 1.85. The third-order valence-electron chi connectivity index (χ3n) is 2.54. The number of benzene rings is 1. The Morgan fingerprint density at radius 3 is 2.40 bits per heavy atom. The molecule has 0 bridgehead atoms. The third-order valence-corrected chi connectivity index (χ3v) is 3.20. The van der Waals surface area contributed by atoms with Crippen molar-refractivity contribution in [1.29, 1.82) is 0 Å². The van der Waals surface area contributed by atoms with Gasteiger partial charge in [-0.3, -0.25) is 0 Å². The van der Waals surface area contributed by atoms with Gasteiger partial charge >= 0.3 is 6.01 Å². The summed E-state index contributed by atoms with van der Waals surface area (Å²) in [5.74, 6) is 0.702. The molecule has 0 saturated carbocycles. The number of ether oxygens (including phenoxy) is 1. The van der Waals surface area contributed by atoms with Crippen LogP contribution in [0.15, 0.2) is 41.1 Å². The van der Waals surface area contributed by atoms with Crippen molar-refractivity contribution in [3.63, 3.8) is 0 Å². The Morgan fingerprint density at radius 2 is 1.80 bits per heavy atom. The highest BCUT2D eigenvalue weighted by atomic mass is 79.9. The molecule has 1 aromatic carbocycles. The molecule has 1 aromatic heterocycles. The monoisotopic (exact) mass is 335 g/mol. The number of hydrogen-bond acceptors (Lipinski definition) is 4. The number of hydrogen-bond donors (Lipinski definition) is 1. The van der Waals surface area contributed by atoms with Crippen LogP contribution in [0, 0.1) is 0 Å². The van der Waals surface area contributed by atoms with Crippen molar-refractivity contribution in [3.05, 3.63) is 46.7 Å². The van der Waals surface area contributed by atoms with Crippen molar-refractivity contribution in [2.45, 2.75) is 32.9 Å². The summed E-state index contributed by atoms with van der Waals surface area (Å²) in [6.45, 7) is 7.10. The third kappa shape index (κ3) is 4.58. The molecular weight excluding hydrogens is 318 g/mol. The quantitative estimate of drug-likeness (QED) is 0.919. The Balaban J connectivity index is 2.00. The topological polar surface area (TPSA) is 47.0 Å². The predicted octanol–water partition coefficient (Wildman–Crippen LogP) is 3.92. The maximum atomic E-state index is 5.62. The predicted molar refractivity (Wildman–Crippen MR) is 82.8 cm³/mol. The molecule has 0 spiro atoms. The van der Waals surface area contributed by atoms with E-state index in [2.05, 4.69) is 52.0 Å². The van der Waals surface area contributed by atoms with Crippen LogP contribution < -0.4 is 10.1 Å². The highest BCUT2D eigenvalue weighted by Crippen LogP contribution is 2.27. The van der Waals surface area contributed by atoms with Crippen molar-refractivity contribution in [3.8, 4) is 11.8 Å². The molecular formula is C15H18BrN3O. The van der Waals surface area contributed by atoms with E-state index < -0.39 is 0 Å². The minimum absolute atomic E-state index is 0.0735. The normalized spacial score (nSPS) is 11.4. The lowest BCUT2D eigenvalue weighted by molar-refractivity contribution is 0.419. The minimum atomic E-state index is 0.0735. The standard InChI is InChI=1S/C15H18BrN3O/c1-15(2,3)19-10-11-8-17-14(18-9-11)20-13-7-5-4-6-12(13)16/h4-9,19H,10H2,1-3H3. The highest BCUT2D eigenvalue weighted by molar-refractivity contribution is 9.10. The van der Waals surface area contributed by atoms with Crippen LogP contribution in [0.1, 0.15) is 26.3 Å². The molecule has 4 nitrogen and oxygen atoms in total. The molecule has 20 heavy (non-hydrogen) atoms. The summed E-state index contributed by atoms with van der Waals surface area (Å²) in [7, 11) is 0. The Labute approximate surface area is 127 Å². The van der Waals surface area contributed by atoms with Gasteiger partial charge in [0.15, 0.2) is 0 Å². The molecule has 0 radical (unpaired) electrons. The molecule has 0 fully saturated rings. The van der Waals surface area contributed by atoms with E-state index in [1.54, 1.807) is 12.4 Å². The molecule has 106 valence electrons. The SMILES string of the molecule is CC(C)(C)NCc1cnc(Oc2ccccc2Br)nc1. The Morgan fingerprint density at radius 1 is 1.15 bits per heavy atom. The smallest absolute Gasteiger partial charge is 0.321 e. The van der Waals surface area contributed by atoms with E-state index in [1.807, 2.05) is 24.3 Å². The largest absolute Gasteiger partial charge is 0.423 e. The first-order valence-electron chi connectivity index (χ1n) is 6.42. The van der Waals surface area contributed by atoms with Crippen LogP contribution >= 0.6 is 15.9 Å². The highest BCUT2D eigenvalue weighted by Gasteiger charge is 2.09. The number of nitrogens with zero attached hydrogens (tertiary/aromatic N) is 2. The van der Waals surface area contributed by atoms with Gasteiger partial charge in [-0.05, 0) is 48.8 Å². The van der Waals surface area contributed by atoms with Gasteiger partial charge in [-0.25, -0.2) is 9.97 Å². The van der Waals surface area contributed by atoms with Crippen molar-refractivity contribution >= 4 is 15.9 Å². The van der Waals surface area contributed by atoms with Gasteiger partial charge in [-0.1, -0.05) is 12.1 Å². The van der Waals surface area contributed by atoms with Crippen molar-refractivity contribution < 1.29 is 4.74 Å². The van der Waals surface area contributed by atoms with Crippen molar-refractivity contribution in [2.24, 2.45) is 0 Å². The van der Waals surface area contributed by atoms with Crippen LogP contribution in [0.5, 0.6) is 11.8 Å². The van der Waals surface area contributed by atoms with E-state index in [0.29, 0.717) is 11.8 Å². The summed E-state index contributed by atoms with van der Waals surface area (Å²) in [6.07, 6.45) is 3.55. The van der Waals surface area contributed by atoms with Crippen LogP contribution in [-0.4, -0.2) is 15.5 Å². The number of rotatable bonds is 4. The van der Waals surface area contributed by atoms with Crippen LogP contribution in [0.25, 0.3) is 0 Å². The first kappa shape index (κ1) is 14.9. The van der Waals surface area contributed by atoms with E-state index in [4.69, 9.17) is 4.74 Å². The minimum Gasteiger partial charge on any atom is -0.423 e. The maximum absolute atomic E-state index is 5.62. The molecule has 0 amide bonds. The first-order chi connectivity index (χ1) is 9.44. The average Bonchev–Trinajstić information content (AvgIpc) is 2.40. The van der Waals surface area contributed by atoms with E-state index in [1.165, 1.54) is 0 Å². The van der Waals surface area contributed by atoms with Crippen molar-refractivity contribution in [1.82, 2.24) is 15.3 Å². The van der Waals surface area contributed by atoms with E-state index in [-0.39, 0.29) is 5.54 Å². The van der Waals surface area contributed by atoms with Gasteiger partial charge in [0.2, 0.25) is 0 Å². The Bertz CT molecular complexity index is 564.